The molecule has 2 aromatic carbocycles. The SMILES string of the molecule is O=C(NCC=Cc1c(F)cccc1Br)OCc1ccccc1. The highest BCUT2D eigenvalue weighted by molar-refractivity contribution is 9.10. The summed E-state index contributed by atoms with van der Waals surface area (Å²) in [7, 11) is 0. The summed E-state index contributed by atoms with van der Waals surface area (Å²) >= 11 is 3.28. The van der Waals surface area contributed by atoms with E-state index in [-0.39, 0.29) is 19.0 Å². The van der Waals surface area contributed by atoms with Gasteiger partial charge in [-0.2, -0.15) is 0 Å². The van der Waals surface area contributed by atoms with Gasteiger partial charge in [-0.1, -0.05) is 64.5 Å². The molecular formula is C17H15BrFNO2. The number of ether oxygens (including phenoxy) is 1. The zero-order valence-corrected chi connectivity index (χ0v) is 13.3. The Morgan fingerprint density at radius 2 is 1.95 bits per heavy atom. The van der Waals surface area contributed by atoms with Crippen LogP contribution in [0.3, 0.4) is 0 Å². The second kappa shape index (κ2) is 8.34. The predicted molar refractivity (Wildman–Crippen MR) is 87.8 cm³/mol. The van der Waals surface area contributed by atoms with E-state index < -0.39 is 6.09 Å². The Morgan fingerprint density at radius 1 is 1.18 bits per heavy atom. The van der Waals surface area contributed by atoms with Crippen LogP contribution in [0.15, 0.2) is 59.1 Å². The lowest BCUT2D eigenvalue weighted by Crippen LogP contribution is -2.24. The molecule has 0 unspecified atom stereocenters. The Hall–Kier alpha value is -2.14. The van der Waals surface area contributed by atoms with E-state index in [1.165, 1.54) is 6.07 Å². The molecule has 0 spiro atoms. The Kier molecular flexibility index (Phi) is 6.15. The number of alkyl carbamates (subject to hydrolysis) is 1. The molecule has 0 saturated carbocycles. The van der Waals surface area contributed by atoms with Gasteiger partial charge in [-0.15, -0.1) is 0 Å². The molecule has 0 saturated heterocycles. The van der Waals surface area contributed by atoms with Gasteiger partial charge in [0.1, 0.15) is 12.4 Å². The van der Waals surface area contributed by atoms with E-state index in [4.69, 9.17) is 4.74 Å². The molecule has 3 nitrogen and oxygen atoms in total. The van der Waals surface area contributed by atoms with Crippen LogP contribution in [0.4, 0.5) is 9.18 Å². The number of halogens is 2. The lowest BCUT2D eigenvalue weighted by atomic mass is 10.2. The van der Waals surface area contributed by atoms with Gasteiger partial charge in [-0.3, -0.25) is 0 Å². The monoisotopic (exact) mass is 363 g/mol. The zero-order valence-electron chi connectivity index (χ0n) is 11.8. The Morgan fingerprint density at radius 3 is 2.68 bits per heavy atom. The fourth-order valence-electron chi connectivity index (χ4n) is 1.76. The summed E-state index contributed by atoms with van der Waals surface area (Å²) in [5.41, 5.74) is 1.37. The molecule has 0 radical (unpaired) electrons. The quantitative estimate of drug-likeness (QED) is 0.847. The molecule has 0 aliphatic heterocycles. The largest absolute Gasteiger partial charge is 0.445 e. The normalized spacial score (nSPS) is 10.6. The summed E-state index contributed by atoms with van der Waals surface area (Å²) in [5, 5.41) is 2.58. The van der Waals surface area contributed by atoms with E-state index in [0.29, 0.717) is 10.0 Å². The van der Waals surface area contributed by atoms with E-state index >= 15 is 0 Å². The van der Waals surface area contributed by atoms with Crippen molar-refractivity contribution in [1.82, 2.24) is 5.32 Å². The van der Waals surface area contributed by atoms with Crippen LogP contribution in [-0.4, -0.2) is 12.6 Å². The van der Waals surface area contributed by atoms with Crippen LogP contribution in [0, 0.1) is 5.82 Å². The smallest absolute Gasteiger partial charge is 0.407 e. The van der Waals surface area contributed by atoms with Crippen molar-refractivity contribution in [3.05, 3.63) is 76.0 Å². The van der Waals surface area contributed by atoms with Crippen LogP contribution in [-0.2, 0) is 11.3 Å². The number of rotatable bonds is 5. The molecule has 1 N–H and O–H groups in total. The summed E-state index contributed by atoms with van der Waals surface area (Å²) in [4.78, 5) is 11.5. The molecule has 0 aromatic heterocycles. The number of hydrogen-bond donors (Lipinski definition) is 1. The van der Waals surface area contributed by atoms with Gasteiger partial charge in [0, 0.05) is 16.6 Å². The zero-order chi connectivity index (χ0) is 15.8. The number of amides is 1. The van der Waals surface area contributed by atoms with Gasteiger partial charge in [0.05, 0.1) is 0 Å². The number of carbonyl (C=O) groups excluding carboxylic acids is 1. The lowest BCUT2D eigenvalue weighted by molar-refractivity contribution is 0.141. The van der Waals surface area contributed by atoms with Gasteiger partial charge < -0.3 is 10.1 Å². The summed E-state index contributed by atoms with van der Waals surface area (Å²) < 4.78 is 19.3. The fraction of sp³-hybridized carbons (Fsp3) is 0.118. The minimum atomic E-state index is -0.513. The maximum Gasteiger partial charge on any atom is 0.407 e. The van der Waals surface area contributed by atoms with Crippen LogP contribution in [0.5, 0.6) is 0 Å². The number of carbonyl (C=O) groups is 1. The molecular weight excluding hydrogens is 349 g/mol. The molecule has 0 fully saturated rings. The first-order valence-corrected chi connectivity index (χ1v) is 7.51. The summed E-state index contributed by atoms with van der Waals surface area (Å²) in [6.45, 7) is 0.476. The minimum Gasteiger partial charge on any atom is -0.445 e. The van der Waals surface area contributed by atoms with Crippen molar-refractivity contribution in [2.24, 2.45) is 0 Å². The van der Waals surface area contributed by atoms with Gasteiger partial charge in [-0.05, 0) is 17.7 Å². The van der Waals surface area contributed by atoms with E-state index in [9.17, 15) is 9.18 Å². The Labute approximate surface area is 136 Å². The molecule has 114 valence electrons. The van der Waals surface area contributed by atoms with Gasteiger partial charge in [0.15, 0.2) is 0 Å². The predicted octanol–water partition coefficient (Wildman–Crippen LogP) is 4.53. The summed E-state index contributed by atoms with van der Waals surface area (Å²) in [6.07, 6.45) is 2.75. The van der Waals surface area contributed by atoms with Crippen LogP contribution in [0.2, 0.25) is 0 Å². The van der Waals surface area contributed by atoms with E-state index in [2.05, 4.69) is 21.2 Å². The second-order valence-electron chi connectivity index (χ2n) is 4.48. The Bertz CT molecular complexity index is 639. The summed E-state index contributed by atoms with van der Waals surface area (Å²) in [6, 6.07) is 14.2. The Balaban J connectivity index is 1.76. The van der Waals surface area contributed by atoms with Crippen LogP contribution in [0.25, 0.3) is 6.08 Å². The third-order valence-corrected chi connectivity index (χ3v) is 3.55. The average molecular weight is 364 g/mol. The van der Waals surface area contributed by atoms with Crippen molar-refractivity contribution in [3.63, 3.8) is 0 Å². The van der Waals surface area contributed by atoms with E-state index in [1.54, 1.807) is 24.3 Å². The van der Waals surface area contributed by atoms with Crippen LogP contribution >= 0.6 is 15.9 Å². The summed E-state index contributed by atoms with van der Waals surface area (Å²) in [5.74, 6) is -0.322. The van der Waals surface area contributed by atoms with Crippen molar-refractivity contribution >= 4 is 28.1 Å². The highest BCUT2D eigenvalue weighted by atomic mass is 79.9. The van der Waals surface area contributed by atoms with Gasteiger partial charge in [-0.25, -0.2) is 9.18 Å². The first-order chi connectivity index (χ1) is 10.7. The van der Waals surface area contributed by atoms with Crippen LogP contribution in [0.1, 0.15) is 11.1 Å². The topological polar surface area (TPSA) is 38.3 Å². The highest BCUT2D eigenvalue weighted by Gasteiger charge is 2.03. The maximum atomic E-state index is 13.6. The third kappa shape index (κ3) is 5.00. The maximum absolute atomic E-state index is 13.6. The molecule has 5 heteroatoms. The second-order valence-corrected chi connectivity index (χ2v) is 5.33. The number of benzene rings is 2. The molecule has 0 aliphatic rings. The first kappa shape index (κ1) is 16.2. The van der Waals surface area contributed by atoms with Crippen molar-refractivity contribution in [3.8, 4) is 0 Å². The molecule has 2 aromatic rings. The van der Waals surface area contributed by atoms with Gasteiger partial charge >= 0.3 is 6.09 Å². The standard InChI is InChI=1S/C17H15BrFNO2/c18-15-9-4-10-16(19)14(15)8-5-11-20-17(21)22-12-13-6-2-1-3-7-13/h1-10H,11-12H2,(H,20,21). The molecule has 2 rings (SSSR count). The van der Waals surface area contributed by atoms with Gasteiger partial charge in [0.2, 0.25) is 0 Å². The van der Waals surface area contributed by atoms with E-state index in [1.807, 2.05) is 30.3 Å². The molecule has 0 heterocycles. The fourth-order valence-corrected chi connectivity index (χ4v) is 2.24. The molecule has 0 atom stereocenters. The first-order valence-electron chi connectivity index (χ1n) is 6.72. The molecule has 0 bridgehead atoms. The molecule has 0 aliphatic carbocycles. The van der Waals surface area contributed by atoms with Crippen LogP contribution < -0.4 is 5.32 Å². The van der Waals surface area contributed by atoms with Crippen molar-refractivity contribution in [2.45, 2.75) is 6.61 Å². The number of hydrogen-bond acceptors (Lipinski definition) is 2. The van der Waals surface area contributed by atoms with Crippen molar-refractivity contribution in [1.29, 1.82) is 0 Å². The van der Waals surface area contributed by atoms with Crippen molar-refractivity contribution < 1.29 is 13.9 Å². The van der Waals surface area contributed by atoms with E-state index in [0.717, 1.165) is 5.56 Å². The minimum absolute atomic E-state index is 0.218. The third-order valence-electron chi connectivity index (χ3n) is 2.86. The average Bonchev–Trinajstić information content (AvgIpc) is 2.53. The molecule has 22 heavy (non-hydrogen) atoms. The highest BCUT2D eigenvalue weighted by Crippen LogP contribution is 2.20. The number of nitrogens with one attached hydrogen (secondary N) is 1. The molecule has 1 amide bonds. The van der Waals surface area contributed by atoms with Gasteiger partial charge in [0.25, 0.3) is 0 Å². The van der Waals surface area contributed by atoms with Crippen molar-refractivity contribution in [2.75, 3.05) is 6.54 Å². The lowest BCUT2D eigenvalue weighted by Gasteiger charge is -2.05.